The van der Waals surface area contributed by atoms with Gasteiger partial charge in [-0.05, 0) is 58.3 Å². The number of hydrogen-bond acceptors (Lipinski definition) is 4. The number of ether oxygens (including phenoxy) is 1. The van der Waals surface area contributed by atoms with Crippen LogP contribution in [0.4, 0.5) is 0 Å². The number of likely N-dealkylation sites (tertiary alicyclic amines) is 1. The van der Waals surface area contributed by atoms with E-state index in [1.54, 1.807) is 0 Å². The van der Waals surface area contributed by atoms with Crippen LogP contribution in [-0.2, 0) is 4.74 Å². The van der Waals surface area contributed by atoms with Gasteiger partial charge in [0.1, 0.15) is 0 Å². The molecular formula is C15H31N3O. The predicted molar refractivity (Wildman–Crippen MR) is 79.5 cm³/mol. The normalized spacial score (nSPS) is 28.4. The molecule has 19 heavy (non-hydrogen) atoms. The maximum Gasteiger partial charge on any atom is 0.0620 e. The first-order chi connectivity index (χ1) is 9.28. The van der Waals surface area contributed by atoms with Crippen LogP contribution in [-0.4, -0.2) is 62.9 Å². The lowest BCUT2D eigenvalue weighted by Crippen LogP contribution is -2.46. The maximum absolute atomic E-state index is 5.51. The minimum absolute atomic E-state index is 0.540. The molecule has 112 valence electrons. The summed E-state index contributed by atoms with van der Waals surface area (Å²) in [4.78, 5) is 2.56. The number of nitrogens with zero attached hydrogens (tertiary/aromatic N) is 1. The summed E-state index contributed by atoms with van der Waals surface area (Å²) in [6.45, 7) is 12.3. The van der Waals surface area contributed by atoms with Crippen LogP contribution in [0.5, 0.6) is 0 Å². The SMILES string of the molecule is CCN1CCC(CNC(C)CC2COCCN2)CC1. The number of piperidine rings is 1. The number of rotatable bonds is 6. The lowest BCUT2D eigenvalue weighted by atomic mass is 9.96. The fourth-order valence-corrected chi connectivity index (χ4v) is 3.16. The minimum atomic E-state index is 0.540. The molecule has 4 nitrogen and oxygen atoms in total. The van der Waals surface area contributed by atoms with Gasteiger partial charge in [-0.2, -0.15) is 0 Å². The summed E-state index contributed by atoms with van der Waals surface area (Å²) in [5, 5.41) is 7.25. The van der Waals surface area contributed by atoms with Crippen molar-refractivity contribution in [2.24, 2.45) is 5.92 Å². The van der Waals surface area contributed by atoms with Crippen LogP contribution in [0, 0.1) is 5.92 Å². The summed E-state index contributed by atoms with van der Waals surface area (Å²) in [5.41, 5.74) is 0. The molecule has 0 aromatic carbocycles. The van der Waals surface area contributed by atoms with E-state index in [1.807, 2.05) is 0 Å². The molecular weight excluding hydrogens is 238 g/mol. The molecule has 0 amide bonds. The van der Waals surface area contributed by atoms with Crippen molar-refractivity contribution in [3.8, 4) is 0 Å². The summed E-state index contributed by atoms with van der Waals surface area (Å²) >= 11 is 0. The Balaban J connectivity index is 1.57. The zero-order chi connectivity index (χ0) is 13.5. The van der Waals surface area contributed by atoms with Gasteiger partial charge in [0, 0.05) is 18.6 Å². The fraction of sp³-hybridized carbons (Fsp3) is 1.00. The standard InChI is InChI=1S/C15H31N3O/c1-3-18-7-4-14(5-8-18)11-17-13(2)10-15-12-19-9-6-16-15/h13-17H,3-12H2,1-2H3. The van der Waals surface area contributed by atoms with Gasteiger partial charge in [-0.1, -0.05) is 6.92 Å². The molecule has 2 heterocycles. The molecule has 0 spiro atoms. The molecule has 0 aliphatic carbocycles. The Hall–Kier alpha value is -0.160. The van der Waals surface area contributed by atoms with Gasteiger partial charge in [0.25, 0.3) is 0 Å². The van der Waals surface area contributed by atoms with E-state index in [0.717, 1.165) is 25.7 Å². The van der Waals surface area contributed by atoms with Gasteiger partial charge < -0.3 is 20.3 Å². The van der Waals surface area contributed by atoms with Crippen molar-refractivity contribution in [1.82, 2.24) is 15.5 Å². The maximum atomic E-state index is 5.51. The number of nitrogens with one attached hydrogen (secondary N) is 2. The zero-order valence-corrected chi connectivity index (χ0v) is 12.7. The highest BCUT2D eigenvalue weighted by Crippen LogP contribution is 2.16. The van der Waals surface area contributed by atoms with Crippen LogP contribution >= 0.6 is 0 Å². The summed E-state index contributed by atoms with van der Waals surface area (Å²) in [6.07, 6.45) is 3.89. The molecule has 0 aromatic rings. The second-order valence-electron chi connectivity index (χ2n) is 6.15. The van der Waals surface area contributed by atoms with Crippen molar-refractivity contribution in [3.05, 3.63) is 0 Å². The molecule has 2 N–H and O–H groups in total. The third-order valence-corrected chi connectivity index (χ3v) is 4.55. The topological polar surface area (TPSA) is 36.5 Å². The molecule has 2 rings (SSSR count). The van der Waals surface area contributed by atoms with Crippen molar-refractivity contribution in [1.29, 1.82) is 0 Å². The van der Waals surface area contributed by atoms with Crippen LogP contribution in [0.3, 0.4) is 0 Å². The van der Waals surface area contributed by atoms with Crippen LogP contribution in [0.15, 0.2) is 0 Å². The van der Waals surface area contributed by atoms with E-state index in [-0.39, 0.29) is 0 Å². The Kier molecular flexibility index (Phi) is 6.57. The molecule has 0 saturated carbocycles. The Morgan fingerprint density at radius 1 is 1.37 bits per heavy atom. The molecule has 0 aromatic heterocycles. The van der Waals surface area contributed by atoms with Gasteiger partial charge >= 0.3 is 0 Å². The first-order valence-electron chi connectivity index (χ1n) is 8.04. The van der Waals surface area contributed by atoms with Gasteiger partial charge in [-0.3, -0.25) is 0 Å². The van der Waals surface area contributed by atoms with E-state index in [1.165, 1.54) is 45.4 Å². The van der Waals surface area contributed by atoms with Gasteiger partial charge in [0.2, 0.25) is 0 Å². The van der Waals surface area contributed by atoms with Gasteiger partial charge in [-0.25, -0.2) is 0 Å². The Labute approximate surface area is 118 Å². The van der Waals surface area contributed by atoms with Gasteiger partial charge in [-0.15, -0.1) is 0 Å². The molecule has 2 atom stereocenters. The number of morpholine rings is 1. The lowest BCUT2D eigenvalue weighted by Gasteiger charge is -2.32. The highest BCUT2D eigenvalue weighted by Gasteiger charge is 2.20. The Morgan fingerprint density at radius 3 is 2.79 bits per heavy atom. The molecule has 2 fully saturated rings. The lowest BCUT2D eigenvalue weighted by molar-refractivity contribution is 0.0708. The van der Waals surface area contributed by atoms with E-state index in [9.17, 15) is 0 Å². The quantitative estimate of drug-likeness (QED) is 0.756. The van der Waals surface area contributed by atoms with Crippen molar-refractivity contribution in [2.75, 3.05) is 45.9 Å². The third kappa shape index (κ3) is 5.38. The summed E-state index contributed by atoms with van der Waals surface area (Å²) in [6, 6.07) is 1.13. The smallest absolute Gasteiger partial charge is 0.0620 e. The molecule has 2 aliphatic heterocycles. The third-order valence-electron chi connectivity index (χ3n) is 4.55. The molecule has 4 heteroatoms. The van der Waals surface area contributed by atoms with E-state index >= 15 is 0 Å². The summed E-state index contributed by atoms with van der Waals surface area (Å²) in [7, 11) is 0. The average molecular weight is 269 g/mol. The second-order valence-corrected chi connectivity index (χ2v) is 6.15. The Bertz CT molecular complexity index is 236. The summed E-state index contributed by atoms with van der Waals surface area (Å²) < 4.78 is 5.51. The first-order valence-corrected chi connectivity index (χ1v) is 8.04. The van der Waals surface area contributed by atoms with Crippen molar-refractivity contribution >= 4 is 0 Å². The van der Waals surface area contributed by atoms with Crippen LogP contribution in [0.2, 0.25) is 0 Å². The van der Waals surface area contributed by atoms with Gasteiger partial charge in [0.05, 0.1) is 13.2 Å². The van der Waals surface area contributed by atoms with Crippen molar-refractivity contribution in [3.63, 3.8) is 0 Å². The predicted octanol–water partition coefficient (Wildman–Crippen LogP) is 1.07. The highest BCUT2D eigenvalue weighted by atomic mass is 16.5. The first kappa shape index (κ1) is 15.2. The zero-order valence-electron chi connectivity index (χ0n) is 12.7. The van der Waals surface area contributed by atoms with Gasteiger partial charge in [0.15, 0.2) is 0 Å². The molecule has 2 unspecified atom stereocenters. The van der Waals surface area contributed by atoms with E-state index in [0.29, 0.717) is 12.1 Å². The van der Waals surface area contributed by atoms with Crippen molar-refractivity contribution < 1.29 is 4.74 Å². The van der Waals surface area contributed by atoms with Crippen LogP contribution in [0.25, 0.3) is 0 Å². The average Bonchev–Trinajstić information content (AvgIpc) is 2.47. The molecule has 0 bridgehead atoms. The highest BCUT2D eigenvalue weighted by molar-refractivity contribution is 4.78. The molecule has 2 aliphatic rings. The largest absolute Gasteiger partial charge is 0.379 e. The van der Waals surface area contributed by atoms with E-state index in [2.05, 4.69) is 29.4 Å². The van der Waals surface area contributed by atoms with Crippen LogP contribution in [0.1, 0.15) is 33.1 Å². The Morgan fingerprint density at radius 2 is 2.16 bits per heavy atom. The summed E-state index contributed by atoms with van der Waals surface area (Å²) in [5.74, 6) is 0.876. The number of hydrogen-bond donors (Lipinski definition) is 2. The van der Waals surface area contributed by atoms with E-state index < -0.39 is 0 Å². The van der Waals surface area contributed by atoms with Crippen molar-refractivity contribution in [2.45, 2.75) is 45.2 Å². The monoisotopic (exact) mass is 269 g/mol. The molecule has 2 saturated heterocycles. The fourth-order valence-electron chi connectivity index (χ4n) is 3.16. The van der Waals surface area contributed by atoms with Crippen LogP contribution < -0.4 is 10.6 Å². The molecule has 0 radical (unpaired) electrons. The van der Waals surface area contributed by atoms with E-state index in [4.69, 9.17) is 4.74 Å². The minimum Gasteiger partial charge on any atom is -0.379 e. The second kappa shape index (κ2) is 8.20.